The number of nitrogens with two attached hydrogens (primary N) is 1. The zero-order chi connectivity index (χ0) is 14.5. The van der Waals surface area contributed by atoms with Gasteiger partial charge in [-0.1, -0.05) is 0 Å². The molecule has 0 spiro atoms. The molecule has 3 N–H and O–H groups in total. The van der Waals surface area contributed by atoms with E-state index in [0.29, 0.717) is 25.6 Å². The van der Waals surface area contributed by atoms with Gasteiger partial charge in [0.05, 0.1) is 0 Å². The molecule has 0 aromatic rings. The van der Waals surface area contributed by atoms with E-state index in [-0.39, 0.29) is 12.0 Å². The van der Waals surface area contributed by atoms with Crippen molar-refractivity contribution in [2.24, 2.45) is 5.73 Å². The minimum absolute atomic E-state index is 0.250. The van der Waals surface area contributed by atoms with Crippen LogP contribution in [-0.4, -0.2) is 48.2 Å². The Balaban J connectivity index is 2.04. The topological polar surface area (TPSA) is 84.7 Å². The number of amides is 2. The number of hydrogen-bond acceptors (Lipinski definition) is 4. The number of hydrogen-bond donors (Lipinski definition) is 2. The van der Waals surface area contributed by atoms with E-state index in [1.165, 1.54) is 0 Å². The largest absolute Gasteiger partial charge is 0.444 e. The summed E-state index contributed by atoms with van der Waals surface area (Å²) in [7, 11) is 0. The van der Waals surface area contributed by atoms with E-state index in [4.69, 9.17) is 10.5 Å². The van der Waals surface area contributed by atoms with Crippen LogP contribution in [-0.2, 0) is 9.53 Å². The summed E-state index contributed by atoms with van der Waals surface area (Å²) >= 11 is 0. The van der Waals surface area contributed by atoms with Crippen LogP contribution < -0.4 is 11.1 Å². The Morgan fingerprint density at radius 3 is 2.47 bits per heavy atom. The molecule has 1 fully saturated rings. The molecule has 0 unspecified atom stereocenters. The van der Waals surface area contributed by atoms with Crippen molar-refractivity contribution in [1.29, 1.82) is 0 Å². The van der Waals surface area contributed by atoms with Crippen LogP contribution in [0.2, 0.25) is 0 Å². The minimum atomic E-state index is -0.440. The van der Waals surface area contributed by atoms with Gasteiger partial charge in [-0.15, -0.1) is 0 Å². The third kappa shape index (κ3) is 6.42. The van der Waals surface area contributed by atoms with E-state index in [2.05, 4.69) is 5.32 Å². The van der Waals surface area contributed by atoms with Crippen LogP contribution in [0.15, 0.2) is 0 Å². The monoisotopic (exact) mass is 271 g/mol. The van der Waals surface area contributed by atoms with Gasteiger partial charge < -0.3 is 20.7 Å². The average molecular weight is 271 g/mol. The van der Waals surface area contributed by atoms with Crippen molar-refractivity contribution < 1.29 is 14.3 Å². The second-order valence-electron chi connectivity index (χ2n) is 5.96. The normalized spacial score (nSPS) is 16.1. The Labute approximate surface area is 114 Å². The molecule has 0 atom stereocenters. The number of nitrogens with zero attached hydrogens (tertiary/aromatic N) is 1. The molecule has 1 saturated heterocycles. The molecule has 0 aromatic carbocycles. The van der Waals surface area contributed by atoms with Gasteiger partial charge in [-0.3, -0.25) is 4.79 Å². The fourth-order valence-electron chi connectivity index (χ4n) is 1.81. The molecule has 0 bridgehead atoms. The van der Waals surface area contributed by atoms with Crippen molar-refractivity contribution in [3.63, 3.8) is 0 Å². The SMILES string of the molecule is CC(C)(C)OC(=O)N1CC(NCCCCC(N)=O)C1. The summed E-state index contributed by atoms with van der Waals surface area (Å²) in [5, 5.41) is 3.34. The maximum Gasteiger partial charge on any atom is 0.410 e. The standard InChI is InChI=1S/C13H25N3O3/c1-13(2,3)19-12(18)16-8-10(9-16)15-7-5-4-6-11(14)17/h10,15H,4-9H2,1-3H3,(H2,14,17). The van der Waals surface area contributed by atoms with Crippen molar-refractivity contribution in [1.82, 2.24) is 10.2 Å². The van der Waals surface area contributed by atoms with Crippen molar-refractivity contribution in [3.05, 3.63) is 0 Å². The molecular weight excluding hydrogens is 246 g/mol. The molecule has 19 heavy (non-hydrogen) atoms. The lowest BCUT2D eigenvalue weighted by Crippen LogP contribution is -2.60. The number of ether oxygens (including phenoxy) is 1. The van der Waals surface area contributed by atoms with Crippen LogP contribution in [0, 0.1) is 0 Å². The van der Waals surface area contributed by atoms with Gasteiger partial charge in [0.25, 0.3) is 0 Å². The lowest BCUT2D eigenvalue weighted by molar-refractivity contribution is -0.118. The Hall–Kier alpha value is -1.30. The molecular formula is C13H25N3O3. The zero-order valence-corrected chi connectivity index (χ0v) is 12.1. The van der Waals surface area contributed by atoms with E-state index in [1.54, 1.807) is 4.90 Å². The first-order valence-corrected chi connectivity index (χ1v) is 6.77. The molecule has 1 heterocycles. The summed E-state index contributed by atoms with van der Waals surface area (Å²) in [6.45, 7) is 7.80. The first-order chi connectivity index (χ1) is 8.78. The smallest absolute Gasteiger partial charge is 0.410 e. The number of carbonyl (C=O) groups is 2. The van der Waals surface area contributed by atoms with Crippen LogP contribution in [0.3, 0.4) is 0 Å². The fourth-order valence-corrected chi connectivity index (χ4v) is 1.81. The Bertz CT molecular complexity index is 320. The highest BCUT2D eigenvalue weighted by atomic mass is 16.6. The van der Waals surface area contributed by atoms with Gasteiger partial charge in [0.2, 0.25) is 5.91 Å². The lowest BCUT2D eigenvalue weighted by Gasteiger charge is -2.40. The van der Waals surface area contributed by atoms with Gasteiger partial charge in [0.15, 0.2) is 0 Å². The van der Waals surface area contributed by atoms with E-state index in [1.807, 2.05) is 20.8 Å². The number of carbonyl (C=O) groups excluding carboxylic acids is 2. The molecule has 2 amide bonds. The molecule has 6 heteroatoms. The van der Waals surface area contributed by atoms with Crippen LogP contribution >= 0.6 is 0 Å². The van der Waals surface area contributed by atoms with Gasteiger partial charge in [-0.25, -0.2) is 4.79 Å². The predicted octanol–water partition coefficient (Wildman–Crippen LogP) is 0.851. The van der Waals surface area contributed by atoms with Crippen LogP contribution in [0.5, 0.6) is 0 Å². The quantitative estimate of drug-likeness (QED) is 0.701. The number of unbranched alkanes of at least 4 members (excludes halogenated alkanes) is 1. The zero-order valence-electron chi connectivity index (χ0n) is 12.1. The van der Waals surface area contributed by atoms with Gasteiger partial charge >= 0.3 is 6.09 Å². The molecule has 1 aliphatic heterocycles. The maximum atomic E-state index is 11.7. The third-order valence-electron chi connectivity index (χ3n) is 2.82. The lowest BCUT2D eigenvalue weighted by atomic mass is 10.1. The summed E-state index contributed by atoms with van der Waals surface area (Å²) in [6.07, 6.45) is 1.92. The summed E-state index contributed by atoms with van der Waals surface area (Å²) < 4.78 is 5.27. The van der Waals surface area contributed by atoms with Crippen molar-refractivity contribution in [3.8, 4) is 0 Å². The van der Waals surface area contributed by atoms with Crippen LogP contribution in [0.25, 0.3) is 0 Å². The van der Waals surface area contributed by atoms with Crippen LogP contribution in [0.1, 0.15) is 40.0 Å². The Morgan fingerprint density at radius 2 is 1.95 bits per heavy atom. The average Bonchev–Trinajstić information content (AvgIpc) is 2.16. The first-order valence-electron chi connectivity index (χ1n) is 6.77. The third-order valence-corrected chi connectivity index (χ3v) is 2.82. The highest BCUT2D eigenvalue weighted by molar-refractivity contribution is 5.73. The summed E-state index contributed by atoms with van der Waals surface area (Å²) in [4.78, 5) is 23.9. The van der Waals surface area contributed by atoms with Gasteiger partial charge in [0.1, 0.15) is 5.60 Å². The second-order valence-corrected chi connectivity index (χ2v) is 5.96. The number of rotatable bonds is 6. The van der Waals surface area contributed by atoms with Crippen LogP contribution in [0.4, 0.5) is 4.79 Å². The van der Waals surface area contributed by atoms with E-state index in [9.17, 15) is 9.59 Å². The van der Waals surface area contributed by atoms with Crippen molar-refractivity contribution in [2.75, 3.05) is 19.6 Å². The number of likely N-dealkylation sites (tertiary alicyclic amines) is 1. The maximum absolute atomic E-state index is 11.7. The van der Waals surface area contributed by atoms with Gasteiger partial charge in [-0.05, 0) is 40.2 Å². The summed E-state index contributed by atoms with van der Waals surface area (Å²) in [5.74, 6) is -0.250. The van der Waals surface area contributed by atoms with E-state index < -0.39 is 5.60 Å². The minimum Gasteiger partial charge on any atom is -0.444 e. The molecule has 1 aliphatic rings. The summed E-state index contributed by atoms with van der Waals surface area (Å²) in [6, 6.07) is 0.334. The molecule has 0 saturated carbocycles. The number of nitrogens with one attached hydrogen (secondary N) is 1. The fraction of sp³-hybridized carbons (Fsp3) is 0.846. The first kappa shape index (κ1) is 15.8. The highest BCUT2D eigenvalue weighted by Gasteiger charge is 2.32. The summed E-state index contributed by atoms with van der Waals surface area (Å²) in [5.41, 5.74) is 4.62. The molecule has 1 rings (SSSR count). The van der Waals surface area contributed by atoms with Crippen molar-refractivity contribution >= 4 is 12.0 Å². The Morgan fingerprint density at radius 1 is 1.32 bits per heavy atom. The molecule has 6 nitrogen and oxygen atoms in total. The van der Waals surface area contributed by atoms with Crippen molar-refractivity contribution in [2.45, 2.75) is 51.7 Å². The molecule has 0 radical (unpaired) electrons. The van der Waals surface area contributed by atoms with Gasteiger partial charge in [-0.2, -0.15) is 0 Å². The predicted molar refractivity (Wildman–Crippen MR) is 72.6 cm³/mol. The van der Waals surface area contributed by atoms with E-state index in [0.717, 1.165) is 19.4 Å². The molecule has 0 aliphatic carbocycles. The van der Waals surface area contributed by atoms with E-state index >= 15 is 0 Å². The molecule has 110 valence electrons. The molecule has 0 aromatic heterocycles. The van der Waals surface area contributed by atoms with Gasteiger partial charge in [0, 0.05) is 25.6 Å². The Kier molecular flexibility index (Phi) is 5.60. The highest BCUT2D eigenvalue weighted by Crippen LogP contribution is 2.15. The number of primary amides is 1. The second kappa shape index (κ2) is 6.75.